The van der Waals surface area contributed by atoms with Gasteiger partial charge in [-0.05, 0) is 51.0 Å². The van der Waals surface area contributed by atoms with Crippen molar-refractivity contribution in [1.82, 2.24) is 24.8 Å². The molecule has 2 N–H and O–H groups in total. The predicted octanol–water partition coefficient (Wildman–Crippen LogP) is 3.56. The summed E-state index contributed by atoms with van der Waals surface area (Å²) in [6.45, 7) is 6.00. The van der Waals surface area contributed by atoms with E-state index in [0.29, 0.717) is 48.8 Å². The molecule has 10 heteroatoms. The van der Waals surface area contributed by atoms with Gasteiger partial charge in [0, 0.05) is 43.5 Å². The van der Waals surface area contributed by atoms with Crippen LogP contribution in [0.3, 0.4) is 0 Å². The number of aromatic nitrogens is 3. The Kier molecular flexibility index (Phi) is 5.61. The Balaban J connectivity index is 1.41. The average molecular weight is 456 g/mol. The molecule has 174 valence electrons. The van der Waals surface area contributed by atoms with Gasteiger partial charge in [-0.15, -0.1) is 0 Å². The third kappa shape index (κ3) is 4.22. The summed E-state index contributed by atoms with van der Waals surface area (Å²) >= 11 is 0. The van der Waals surface area contributed by atoms with E-state index in [0.717, 1.165) is 12.5 Å². The molecule has 8 nitrogen and oxygen atoms in total. The fraction of sp³-hybridized carbons (Fsp3) is 0.435. The highest BCUT2D eigenvalue weighted by molar-refractivity contribution is 5.93. The van der Waals surface area contributed by atoms with Crippen molar-refractivity contribution in [2.75, 3.05) is 29.9 Å². The molecule has 5 rings (SSSR count). The number of piperazine rings is 1. The number of hydrogen-bond acceptors (Lipinski definition) is 5. The first-order valence-electron chi connectivity index (χ1n) is 11.3. The second-order valence-corrected chi connectivity index (χ2v) is 8.93. The minimum absolute atomic E-state index is 0.196. The Morgan fingerprint density at radius 2 is 1.97 bits per heavy atom. The smallest absolute Gasteiger partial charge is 0.322 e. The maximum Gasteiger partial charge on any atom is 0.322 e. The van der Waals surface area contributed by atoms with E-state index < -0.39 is 11.6 Å². The highest BCUT2D eigenvalue weighted by atomic mass is 19.1. The molecule has 2 amide bonds. The Labute approximate surface area is 190 Å². The number of halogens is 2. The van der Waals surface area contributed by atoms with E-state index in [-0.39, 0.29) is 24.2 Å². The fourth-order valence-electron chi connectivity index (χ4n) is 4.93. The molecule has 0 saturated carbocycles. The van der Waals surface area contributed by atoms with Gasteiger partial charge >= 0.3 is 6.03 Å². The maximum atomic E-state index is 14.5. The summed E-state index contributed by atoms with van der Waals surface area (Å²) in [6.07, 6.45) is 4.89. The number of rotatable bonds is 3. The van der Waals surface area contributed by atoms with Gasteiger partial charge < -0.3 is 20.4 Å². The summed E-state index contributed by atoms with van der Waals surface area (Å²) in [5, 5.41) is 10.6. The quantitative estimate of drug-likeness (QED) is 0.632. The molecule has 0 radical (unpaired) electrons. The van der Waals surface area contributed by atoms with Gasteiger partial charge in [0.1, 0.15) is 23.1 Å². The van der Waals surface area contributed by atoms with Gasteiger partial charge in [-0.1, -0.05) is 0 Å². The van der Waals surface area contributed by atoms with Crippen LogP contribution < -0.4 is 15.5 Å². The van der Waals surface area contributed by atoms with Crippen LogP contribution in [0.1, 0.15) is 38.3 Å². The molecule has 2 saturated heterocycles. The van der Waals surface area contributed by atoms with Gasteiger partial charge in [0.2, 0.25) is 0 Å². The second-order valence-electron chi connectivity index (χ2n) is 8.93. The number of benzene rings is 1. The molecule has 0 bridgehead atoms. The van der Waals surface area contributed by atoms with E-state index in [2.05, 4.69) is 15.7 Å². The number of amides is 2. The van der Waals surface area contributed by atoms with Crippen LogP contribution in [0.5, 0.6) is 0 Å². The molecule has 2 fully saturated rings. The summed E-state index contributed by atoms with van der Waals surface area (Å²) in [4.78, 5) is 21.4. The Bertz CT molecular complexity index is 1170. The number of urea groups is 1. The number of nitrogens with zero attached hydrogens (tertiary/aromatic N) is 5. The SMILES string of the molecule is CC1CN(C(=O)Nc2cnn3ccc(N4CCCC4c4cc(F)ccc4F)nc23)CC(C)N1. The van der Waals surface area contributed by atoms with Gasteiger partial charge in [0.05, 0.1) is 12.2 Å². The van der Waals surface area contributed by atoms with E-state index >= 15 is 0 Å². The van der Waals surface area contributed by atoms with Crippen LogP contribution in [0.4, 0.5) is 25.1 Å². The summed E-state index contributed by atoms with van der Waals surface area (Å²) in [6, 6.07) is 5.28. The van der Waals surface area contributed by atoms with Gasteiger partial charge in [-0.25, -0.2) is 23.1 Å². The van der Waals surface area contributed by atoms with E-state index in [1.807, 2.05) is 18.7 Å². The largest absolute Gasteiger partial charge is 0.349 e. The second kappa shape index (κ2) is 8.58. The van der Waals surface area contributed by atoms with E-state index in [1.165, 1.54) is 12.1 Å². The first-order chi connectivity index (χ1) is 15.9. The van der Waals surface area contributed by atoms with Gasteiger partial charge in [0.15, 0.2) is 5.65 Å². The highest BCUT2D eigenvalue weighted by Gasteiger charge is 2.30. The van der Waals surface area contributed by atoms with Crippen molar-refractivity contribution < 1.29 is 13.6 Å². The lowest BCUT2D eigenvalue weighted by molar-refractivity contribution is 0.176. The van der Waals surface area contributed by atoms with Crippen LogP contribution in [0.15, 0.2) is 36.7 Å². The summed E-state index contributed by atoms with van der Waals surface area (Å²) in [5.74, 6) is -0.251. The zero-order chi connectivity index (χ0) is 23.1. The number of fused-ring (bicyclic) bond motifs is 1. The van der Waals surface area contributed by atoms with Crippen LogP contribution in [-0.4, -0.2) is 57.2 Å². The third-order valence-corrected chi connectivity index (χ3v) is 6.30. The minimum atomic E-state index is -0.459. The maximum absolute atomic E-state index is 14.5. The van der Waals surface area contributed by atoms with Gasteiger partial charge in [-0.2, -0.15) is 5.10 Å². The average Bonchev–Trinajstić information content (AvgIpc) is 3.42. The van der Waals surface area contributed by atoms with Gasteiger partial charge in [-0.3, -0.25) is 0 Å². The lowest BCUT2D eigenvalue weighted by Gasteiger charge is -2.35. The number of anilines is 2. The van der Waals surface area contributed by atoms with Crippen LogP contribution in [0.2, 0.25) is 0 Å². The number of carbonyl (C=O) groups excluding carboxylic acids is 1. The zero-order valence-corrected chi connectivity index (χ0v) is 18.6. The first-order valence-corrected chi connectivity index (χ1v) is 11.3. The normalized spacial score (nSPS) is 23.3. The molecule has 2 aliphatic heterocycles. The van der Waals surface area contributed by atoms with Gasteiger partial charge in [0.25, 0.3) is 0 Å². The Morgan fingerprint density at radius 1 is 1.18 bits per heavy atom. The first kappa shape index (κ1) is 21.6. The van der Waals surface area contributed by atoms with Crippen molar-refractivity contribution in [3.8, 4) is 0 Å². The third-order valence-electron chi connectivity index (χ3n) is 6.30. The Hall–Kier alpha value is -3.27. The zero-order valence-electron chi connectivity index (χ0n) is 18.6. The van der Waals surface area contributed by atoms with E-state index in [1.54, 1.807) is 27.9 Å². The van der Waals surface area contributed by atoms with E-state index in [4.69, 9.17) is 4.98 Å². The molecule has 3 atom stereocenters. The standard InChI is InChI=1S/C23H27F2N7O/c1-14-12-30(13-15(2)27-14)23(33)28-19-11-26-32-9-7-21(29-22(19)32)31-8-3-4-20(31)17-10-16(24)5-6-18(17)25/h5-7,9-11,14-15,20,27H,3-4,8,12-13H2,1-2H3,(H,28,33). The summed E-state index contributed by atoms with van der Waals surface area (Å²) in [7, 11) is 0. The molecule has 0 spiro atoms. The lowest BCUT2D eigenvalue weighted by Crippen LogP contribution is -2.56. The topological polar surface area (TPSA) is 77.8 Å². The van der Waals surface area contributed by atoms with Crippen molar-refractivity contribution in [2.24, 2.45) is 0 Å². The molecular weight excluding hydrogens is 428 g/mol. The number of nitrogens with one attached hydrogen (secondary N) is 2. The van der Waals surface area contributed by atoms with Crippen LogP contribution >= 0.6 is 0 Å². The summed E-state index contributed by atoms with van der Waals surface area (Å²) in [5.41, 5.74) is 1.34. The summed E-state index contributed by atoms with van der Waals surface area (Å²) < 4.78 is 29.9. The van der Waals surface area contributed by atoms with Crippen molar-refractivity contribution in [3.05, 3.63) is 53.9 Å². The van der Waals surface area contributed by atoms with Crippen LogP contribution in [0.25, 0.3) is 5.65 Å². The Morgan fingerprint density at radius 3 is 2.76 bits per heavy atom. The van der Waals surface area contributed by atoms with Crippen molar-refractivity contribution in [3.63, 3.8) is 0 Å². The van der Waals surface area contributed by atoms with E-state index in [9.17, 15) is 13.6 Å². The monoisotopic (exact) mass is 455 g/mol. The van der Waals surface area contributed by atoms with Crippen molar-refractivity contribution in [1.29, 1.82) is 0 Å². The lowest BCUT2D eigenvalue weighted by atomic mass is 10.0. The molecule has 2 aliphatic rings. The van der Waals surface area contributed by atoms with Crippen molar-refractivity contribution in [2.45, 2.75) is 44.8 Å². The molecule has 4 heterocycles. The molecule has 33 heavy (non-hydrogen) atoms. The molecule has 2 aromatic heterocycles. The highest BCUT2D eigenvalue weighted by Crippen LogP contribution is 2.37. The molecule has 1 aromatic carbocycles. The molecule has 3 unspecified atom stereocenters. The van der Waals surface area contributed by atoms with Crippen LogP contribution in [0, 0.1) is 11.6 Å². The molecular formula is C23H27F2N7O. The minimum Gasteiger partial charge on any atom is -0.349 e. The van der Waals surface area contributed by atoms with Crippen LogP contribution in [-0.2, 0) is 0 Å². The van der Waals surface area contributed by atoms with Crippen molar-refractivity contribution >= 4 is 23.2 Å². The predicted molar refractivity (Wildman–Crippen MR) is 121 cm³/mol. The number of carbonyl (C=O) groups is 1. The fourth-order valence-corrected chi connectivity index (χ4v) is 4.93. The molecule has 3 aromatic rings. The molecule has 0 aliphatic carbocycles. The number of hydrogen-bond donors (Lipinski definition) is 2.